The Kier molecular flexibility index (Phi) is 6.29. The van der Waals surface area contributed by atoms with E-state index in [0.29, 0.717) is 17.5 Å². The number of furan rings is 1. The van der Waals surface area contributed by atoms with Gasteiger partial charge < -0.3 is 9.32 Å². The smallest absolute Gasteiger partial charge is 0.295 e. The molecule has 4 rings (SSSR count). The van der Waals surface area contributed by atoms with Crippen LogP contribution in [0.4, 0.5) is 5.82 Å². The van der Waals surface area contributed by atoms with Crippen LogP contribution in [0.25, 0.3) is 0 Å². The van der Waals surface area contributed by atoms with Crippen molar-refractivity contribution in [1.82, 2.24) is 9.88 Å². The summed E-state index contributed by atoms with van der Waals surface area (Å²) in [7, 11) is 0. The number of benzene rings is 1. The number of aryl methyl sites for hydroxylation is 1. The Hall–Kier alpha value is -2.92. The summed E-state index contributed by atoms with van der Waals surface area (Å²) in [4.78, 5) is 22.2. The summed E-state index contributed by atoms with van der Waals surface area (Å²) in [5.74, 6) is 1.27. The zero-order chi connectivity index (χ0) is 20.9. The fraction of sp³-hybridized carbons (Fsp3) is 0.360. The Morgan fingerprint density at radius 2 is 2.03 bits per heavy atom. The summed E-state index contributed by atoms with van der Waals surface area (Å²) >= 11 is 0. The van der Waals surface area contributed by atoms with Crippen molar-refractivity contribution in [3.05, 3.63) is 83.9 Å². The molecule has 0 spiro atoms. The fourth-order valence-electron chi connectivity index (χ4n) is 4.33. The van der Waals surface area contributed by atoms with E-state index in [9.17, 15) is 4.79 Å². The lowest BCUT2D eigenvalue weighted by molar-refractivity contribution is 0.0905. The van der Waals surface area contributed by atoms with Crippen molar-refractivity contribution < 1.29 is 9.21 Å². The molecule has 5 heteroatoms. The number of nitrogens with zero attached hydrogens (tertiary/aromatic N) is 3. The highest BCUT2D eigenvalue weighted by Crippen LogP contribution is 2.28. The lowest BCUT2D eigenvalue weighted by Gasteiger charge is -2.42. The van der Waals surface area contributed by atoms with Gasteiger partial charge in [-0.15, -0.1) is 0 Å². The molecule has 0 N–H and O–H groups in total. The molecule has 1 saturated heterocycles. The number of anilines is 1. The van der Waals surface area contributed by atoms with Crippen molar-refractivity contribution in [2.24, 2.45) is 5.92 Å². The standard InChI is InChI=1S/C25H29N3O2/c1-19-10-13-26-24(17-19)28(25(29)23-9-6-16-30-23)22-12-15-27(18-20(22)2)14-11-21-7-4-3-5-8-21/h3-10,13,16-17,20,22H,11-12,14-15,18H2,1-2H3/t20-,22+/m1/s1. The third-order valence-electron chi connectivity index (χ3n) is 5.93. The molecule has 0 aliphatic carbocycles. The van der Waals surface area contributed by atoms with E-state index >= 15 is 0 Å². The van der Waals surface area contributed by atoms with Crippen molar-refractivity contribution in [3.63, 3.8) is 0 Å². The molecule has 0 unspecified atom stereocenters. The van der Waals surface area contributed by atoms with Gasteiger partial charge in [-0.1, -0.05) is 37.3 Å². The van der Waals surface area contributed by atoms with Crippen molar-refractivity contribution in [2.75, 3.05) is 24.5 Å². The minimum absolute atomic E-state index is 0.0878. The van der Waals surface area contributed by atoms with Crippen molar-refractivity contribution in [2.45, 2.75) is 32.7 Å². The van der Waals surface area contributed by atoms with E-state index in [1.807, 2.05) is 24.0 Å². The van der Waals surface area contributed by atoms with Gasteiger partial charge in [0.15, 0.2) is 5.76 Å². The van der Waals surface area contributed by atoms with Gasteiger partial charge in [-0.25, -0.2) is 4.98 Å². The van der Waals surface area contributed by atoms with Gasteiger partial charge in [-0.05, 0) is 61.1 Å². The normalized spacial score (nSPS) is 19.5. The second-order valence-corrected chi connectivity index (χ2v) is 8.21. The highest BCUT2D eigenvalue weighted by molar-refractivity contribution is 6.04. The van der Waals surface area contributed by atoms with Gasteiger partial charge in [0.1, 0.15) is 5.82 Å². The number of hydrogen-bond acceptors (Lipinski definition) is 4. The zero-order valence-corrected chi connectivity index (χ0v) is 17.7. The van der Waals surface area contributed by atoms with Crippen molar-refractivity contribution in [1.29, 1.82) is 0 Å². The zero-order valence-electron chi connectivity index (χ0n) is 17.7. The summed E-state index contributed by atoms with van der Waals surface area (Å²) in [6.45, 7) is 7.23. The highest BCUT2D eigenvalue weighted by Gasteiger charge is 2.36. The lowest BCUT2D eigenvalue weighted by Crippen LogP contribution is -2.53. The van der Waals surface area contributed by atoms with Crippen LogP contribution in [-0.2, 0) is 6.42 Å². The minimum atomic E-state index is -0.118. The molecule has 1 aliphatic heterocycles. The quantitative estimate of drug-likeness (QED) is 0.604. The average Bonchev–Trinajstić information content (AvgIpc) is 3.30. The molecule has 3 heterocycles. The van der Waals surface area contributed by atoms with E-state index in [1.54, 1.807) is 24.6 Å². The Morgan fingerprint density at radius 1 is 1.20 bits per heavy atom. The van der Waals surface area contributed by atoms with Crippen molar-refractivity contribution >= 4 is 11.7 Å². The molecule has 5 nitrogen and oxygen atoms in total. The topological polar surface area (TPSA) is 49.6 Å². The van der Waals surface area contributed by atoms with Crippen LogP contribution in [0.5, 0.6) is 0 Å². The molecule has 2 atom stereocenters. The SMILES string of the molecule is Cc1ccnc(N(C(=O)c2ccco2)[C@H]2CCN(CCc3ccccc3)C[C@H]2C)c1. The Morgan fingerprint density at radius 3 is 2.73 bits per heavy atom. The van der Waals surface area contributed by atoms with Crippen LogP contribution in [-0.4, -0.2) is 41.5 Å². The first kappa shape index (κ1) is 20.4. The van der Waals surface area contributed by atoms with Crippen LogP contribution in [0.15, 0.2) is 71.5 Å². The maximum absolute atomic E-state index is 13.3. The summed E-state index contributed by atoms with van der Waals surface area (Å²) in [6, 6.07) is 18.1. The number of amides is 1. The molecule has 30 heavy (non-hydrogen) atoms. The summed E-state index contributed by atoms with van der Waals surface area (Å²) < 4.78 is 5.43. The number of likely N-dealkylation sites (tertiary alicyclic amines) is 1. The molecular weight excluding hydrogens is 374 g/mol. The van der Waals surface area contributed by atoms with Crippen LogP contribution < -0.4 is 4.90 Å². The molecule has 1 fully saturated rings. The van der Waals surface area contributed by atoms with Gasteiger partial charge in [0, 0.05) is 31.9 Å². The van der Waals surface area contributed by atoms with Crippen LogP contribution in [0.3, 0.4) is 0 Å². The second kappa shape index (κ2) is 9.26. The molecule has 1 aliphatic rings. The summed E-state index contributed by atoms with van der Waals surface area (Å²) in [5, 5.41) is 0. The number of rotatable bonds is 6. The first-order valence-electron chi connectivity index (χ1n) is 10.7. The number of carbonyl (C=O) groups is 1. The Balaban J connectivity index is 1.49. The monoisotopic (exact) mass is 403 g/mol. The third-order valence-corrected chi connectivity index (χ3v) is 5.93. The average molecular weight is 404 g/mol. The maximum atomic E-state index is 13.3. The number of piperidine rings is 1. The van der Waals surface area contributed by atoms with Gasteiger partial charge in [-0.2, -0.15) is 0 Å². The molecule has 0 bridgehead atoms. The van der Waals surface area contributed by atoms with E-state index < -0.39 is 0 Å². The number of carbonyl (C=O) groups excluding carboxylic acids is 1. The van der Waals surface area contributed by atoms with Gasteiger partial charge >= 0.3 is 0 Å². The lowest BCUT2D eigenvalue weighted by atomic mass is 9.91. The van der Waals surface area contributed by atoms with Gasteiger partial charge in [0.2, 0.25) is 0 Å². The Bertz CT molecular complexity index is 956. The van der Waals surface area contributed by atoms with E-state index in [-0.39, 0.29) is 11.9 Å². The molecule has 1 aromatic carbocycles. The van der Waals surface area contributed by atoms with E-state index in [1.165, 1.54) is 5.56 Å². The predicted molar refractivity (Wildman–Crippen MR) is 119 cm³/mol. The summed E-state index contributed by atoms with van der Waals surface area (Å²) in [5.41, 5.74) is 2.45. The van der Waals surface area contributed by atoms with Crippen LogP contribution >= 0.6 is 0 Å². The number of hydrogen-bond donors (Lipinski definition) is 0. The number of aromatic nitrogens is 1. The molecule has 3 aromatic rings. The second-order valence-electron chi connectivity index (χ2n) is 8.21. The van der Waals surface area contributed by atoms with Crippen molar-refractivity contribution in [3.8, 4) is 0 Å². The number of pyridine rings is 1. The fourth-order valence-corrected chi connectivity index (χ4v) is 4.33. The molecular formula is C25H29N3O2. The van der Waals surface area contributed by atoms with Crippen LogP contribution in [0.1, 0.15) is 35.0 Å². The third kappa shape index (κ3) is 4.62. The van der Waals surface area contributed by atoms with E-state index in [2.05, 4.69) is 47.1 Å². The molecule has 0 saturated carbocycles. The molecule has 0 radical (unpaired) electrons. The van der Waals surface area contributed by atoms with Crippen LogP contribution in [0, 0.1) is 12.8 Å². The summed E-state index contributed by atoms with van der Waals surface area (Å²) in [6.07, 6.45) is 5.28. The molecule has 156 valence electrons. The van der Waals surface area contributed by atoms with Gasteiger partial charge in [0.25, 0.3) is 5.91 Å². The van der Waals surface area contributed by atoms with Gasteiger partial charge in [0.05, 0.1) is 6.26 Å². The largest absolute Gasteiger partial charge is 0.459 e. The molecule has 1 amide bonds. The highest BCUT2D eigenvalue weighted by atomic mass is 16.3. The van der Waals surface area contributed by atoms with E-state index in [4.69, 9.17) is 4.42 Å². The minimum Gasteiger partial charge on any atom is -0.459 e. The molecule has 2 aromatic heterocycles. The van der Waals surface area contributed by atoms with Gasteiger partial charge in [-0.3, -0.25) is 9.69 Å². The van der Waals surface area contributed by atoms with Crippen LogP contribution in [0.2, 0.25) is 0 Å². The first-order valence-corrected chi connectivity index (χ1v) is 10.7. The first-order chi connectivity index (χ1) is 14.6. The predicted octanol–water partition coefficient (Wildman–Crippen LogP) is 4.58. The Labute approximate surface area is 178 Å². The van der Waals surface area contributed by atoms with E-state index in [0.717, 1.165) is 38.0 Å². The maximum Gasteiger partial charge on any atom is 0.295 e.